The Labute approximate surface area is 82.6 Å². The van der Waals surface area contributed by atoms with Crippen LogP contribution in [0.3, 0.4) is 0 Å². The third-order valence-corrected chi connectivity index (χ3v) is 1.53. The number of benzene rings is 1. The summed E-state index contributed by atoms with van der Waals surface area (Å²) in [7, 11) is 1.58. The first-order valence-electron chi connectivity index (χ1n) is 4.02. The molecule has 1 radical (unpaired) electrons. The van der Waals surface area contributed by atoms with Crippen LogP contribution in [0, 0.1) is 6.92 Å². The number of carbonyl (C=O) groups is 1. The molecule has 1 aromatic carbocycles. The molecular formula is C10H11N2O2. The van der Waals surface area contributed by atoms with Gasteiger partial charge in [0.25, 0.3) is 0 Å². The van der Waals surface area contributed by atoms with E-state index in [1.54, 1.807) is 7.11 Å². The minimum Gasteiger partial charge on any atom is -0.496 e. The predicted octanol–water partition coefficient (Wildman–Crippen LogP) is 0.979. The van der Waals surface area contributed by atoms with Gasteiger partial charge in [-0.05, 0) is 12.1 Å². The van der Waals surface area contributed by atoms with Crippen LogP contribution >= 0.6 is 0 Å². The number of hydrazone groups is 1. The molecule has 14 heavy (non-hydrogen) atoms. The van der Waals surface area contributed by atoms with Crippen LogP contribution in [0.15, 0.2) is 29.4 Å². The zero-order valence-electron chi connectivity index (χ0n) is 7.86. The quantitative estimate of drug-likeness (QED) is 0.572. The summed E-state index contributed by atoms with van der Waals surface area (Å²) in [6, 6.07) is 7.36. The van der Waals surface area contributed by atoms with Gasteiger partial charge >= 0.3 is 0 Å². The van der Waals surface area contributed by atoms with Crippen molar-refractivity contribution >= 4 is 12.1 Å². The number of ether oxygens (including phenoxy) is 1. The van der Waals surface area contributed by atoms with Crippen molar-refractivity contribution in [3.8, 4) is 5.75 Å². The molecule has 0 fully saturated rings. The van der Waals surface area contributed by atoms with Crippen molar-refractivity contribution in [3.05, 3.63) is 36.8 Å². The van der Waals surface area contributed by atoms with E-state index in [9.17, 15) is 4.79 Å². The van der Waals surface area contributed by atoms with Crippen LogP contribution in [-0.4, -0.2) is 19.2 Å². The first-order chi connectivity index (χ1) is 6.74. The molecule has 0 aliphatic rings. The molecule has 0 heterocycles. The second kappa shape index (κ2) is 5.01. The van der Waals surface area contributed by atoms with Crippen LogP contribution in [0.25, 0.3) is 0 Å². The molecule has 0 saturated heterocycles. The molecule has 0 unspecified atom stereocenters. The van der Waals surface area contributed by atoms with E-state index >= 15 is 0 Å². The number of rotatable bonds is 3. The Morgan fingerprint density at radius 3 is 2.93 bits per heavy atom. The van der Waals surface area contributed by atoms with Gasteiger partial charge in [-0.25, -0.2) is 5.43 Å². The zero-order chi connectivity index (χ0) is 10.4. The molecule has 0 saturated carbocycles. The lowest BCUT2D eigenvalue weighted by atomic mass is 10.2. The molecule has 73 valence electrons. The van der Waals surface area contributed by atoms with Crippen LogP contribution < -0.4 is 10.2 Å². The van der Waals surface area contributed by atoms with Gasteiger partial charge in [-0.15, -0.1) is 0 Å². The number of methoxy groups -OCH3 is 1. The molecular weight excluding hydrogens is 180 g/mol. The molecule has 0 spiro atoms. The molecule has 0 bridgehead atoms. The molecule has 1 N–H and O–H groups in total. The second-order valence-electron chi connectivity index (χ2n) is 2.54. The summed E-state index contributed by atoms with van der Waals surface area (Å²) in [5, 5.41) is 3.68. The normalized spacial score (nSPS) is 10.1. The van der Waals surface area contributed by atoms with Crippen molar-refractivity contribution in [2.45, 2.75) is 0 Å². The van der Waals surface area contributed by atoms with Gasteiger partial charge < -0.3 is 4.74 Å². The summed E-state index contributed by atoms with van der Waals surface area (Å²) >= 11 is 0. The SMILES string of the molecule is [CH2]C(=O)NN=Cc1ccccc1OC. The first-order valence-corrected chi connectivity index (χ1v) is 4.02. The monoisotopic (exact) mass is 191 g/mol. The fourth-order valence-electron chi connectivity index (χ4n) is 0.947. The van der Waals surface area contributed by atoms with E-state index < -0.39 is 5.91 Å². The van der Waals surface area contributed by atoms with Crippen molar-refractivity contribution in [1.29, 1.82) is 0 Å². The smallest absolute Gasteiger partial charge is 0.240 e. The highest BCUT2D eigenvalue weighted by Gasteiger charge is 1.96. The molecule has 1 rings (SSSR count). The maximum Gasteiger partial charge on any atom is 0.240 e. The predicted molar refractivity (Wildman–Crippen MR) is 54.1 cm³/mol. The molecule has 0 atom stereocenters. The Balaban J connectivity index is 2.75. The number of para-hydroxylation sites is 1. The maximum absolute atomic E-state index is 10.4. The van der Waals surface area contributed by atoms with Gasteiger partial charge in [-0.1, -0.05) is 12.1 Å². The van der Waals surface area contributed by atoms with Crippen molar-refractivity contribution in [1.82, 2.24) is 5.43 Å². The molecule has 4 nitrogen and oxygen atoms in total. The largest absolute Gasteiger partial charge is 0.496 e. The van der Waals surface area contributed by atoms with Gasteiger partial charge in [-0.3, -0.25) is 4.79 Å². The molecule has 4 heteroatoms. The van der Waals surface area contributed by atoms with Crippen LogP contribution in [-0.2, 0) is 4.79 Å². The summed E-state index contributed by atoms with van der Waals surface area (Å²) in [6.45, 7) is 3.12. The average molecular weight is 191 g/mol. The summed E-state index contributed by atoms with van der Waals surface area (Å²) in [4.78, 5) is 10.4. The minimum atomic E-state index is -0.448. The Bertz CT molecular complexity index is 348. The van der Waals surface area contributed by atoms with Crippen LogP contribution in [0.5, 0.6) is 5.75 Å². The molecule has 1 aromatic rings. The molecule has 0 aromatic heterocycles. The van der Waals surface area contributed by atoms with Gasteiger partial charge in [-0.2, -0.15) is 5.10 Å². The highest BCUT2D eigenvalue weighted by atomic mass is 16.5. The van der Waals surface area contributed by atoms with Gasteiger partial charge in [0.2, 0.25) is 5.91 Å². The van der Waals surface area contributed by atoms with Crippen molar-refractivity contribution < 1.29 is 9.53 Å². The second-order valence-corrected chi connectivity index (χ2v) is 2.54. The van der Waals surface area contributed by atoms with Crippen LogP contribution in [0.2, 0.25) is 0 Å². The fourth-order valence-corrected chi connectivity index (χ4v) is 0.947. The number of amides is 1. The van der Waals surface area contributed by atoms with E-state index in [4.69, 9.17) is 4.74 Å². The van der Waals surface area contributed by atoms with E-state index in [1.807, 2.05) is 24.3 Å². The van der Waals surface area contributed by atoms with E-state index in [0.29, 0.717) is 5.75 Å². The highest BCUT2D eigenvalue weighted by molar-refractivity contribution is 5.86. The molecule has 1 amide bonds. The lowest BCUT2D eigenvalue weighted by molar-refractivity contribution is -0.116. The summed E-state index contributed by atoms with van der Waals surface area (Å²) < 4.78 is 5.08. The van der Waals surface area contributed by atoms with E-state index in [1.165, 1.54) is 6.21 Å². The van der Waals surface area contributed by atoms with Crippen molar-refractivity contribution in [2.75, 3.05) is 7.11 Å². The zero-order valence-corrected chi connectivity index (χ0v) is 7.86. The number of hydrogen-bond donors (Lipinski definition) is 1. The average Bonchev–Trinajstić information content (AvgIpc) is 2.18. The maximum atomic E-state index is 10.4. The third kappa shape index (κ3) is 2.90. The first kappa shape index (κ1) is 10.2. The third-order valence-electron chi connectivity index (χ3n) is 1.53. The van der Waals surface area contributed by atoms with Gasteiger partial charge in [0.15, 0.2) is 0 Å². The number of hydrogen-bond acceptors (Lipinski definition) is 3. The summed E-state index contributed by atoms with van der Waals surface area (Å²) in [5.74, 6) is 0.255. The summed E-state index contributed by atoms with van der Waals surface area (Å²) in [5.41, 5.74) is 3.00. The Morgan fingerprint density at radius 2 is 2.29 bits per heavy atom. The van der Waals surface area contributed by atoms with E-state index in [0.717, 1.165) is 5.56 Å². The minimum absolute atomic E-state index is 0.448. The highest BCUT2D eigenvalue weighted by Crippen LogP contribution is 2.14. The van der Waals surface area contributed by atoms with E-state index in [-0.39, 0.29) is 0 Å². The van der Waals surface area contributed by atoms with Gasteiger partial charge in [0, 0.05) is 12.5 Å². The number of carbonyl (C=O) groups excluding carboxylic acids is 1. The standard InChI is InChI=1S/C10H11N2O2/c1-8(13)12-11-7-9-5-3-4-6-10(9)14-2/h3-7H,1H2,2H3,(H,12,13). The lowest BCUT2D eigenvalue weighted by Gasteiger charge is -2.02. The fraction of sp³-hybridized carbons (Fsp3) is 0.100. The number of nitrogens with zero attached hydrogens (tertiary/aromatic N) is 1. The molecule has 0 aliphatic heterocycles. The van der Waals surface area contributed by atoms with Gasteiger partial charge in [0.1, 0.15) is 5.75 Å². The van der Waals surface area contributed by atoms with Crippen LogP contribution in [0.1, 0.15) is 5.56 Å². The van der Waals surface area contributed by atoms with Crippen LogP contribution in [0.4, 0.5) is 0 Å². The Kier molecular flexibility index (Phi) is 3.67. The Morgan fingerprint density at radius 1 is 1.57 bits per heavy atom. The lowest BCUT2D eigenvalue weighted by Crippen LogP contribution is -2.12. The van der Waals surface area contributed by atoms with Gasteiger partial charge in [0.05, 0.1) is 13.3 Å². The van der Waals surface area contributed by atoms with Crippen molar-refractivity contribution in [2.24, 2.45) is 5.10 Å². The topological polar surface area (TPSA) is 50.7 Å². The van der Waals surface area contributed by atoms with E-state index in [2.05, 4.69) is 17.5 Å². The Hall–Kier alpha value is -1.84. The molecule has 0 aliphatic carbocycles. The summed E-state index contributed by atoms with van der Waals surface area (Å²) in [6.07, 6.45) is 1.50. The van der Waals surface area contributed by atoms with Crippen molar-refractivity contribution in [3.63, 3.8) is 0 Å². The number of nitrogens with one attached hydrogen (secondary N) is 1.